The fourth-order valence-corrected chi connectivity index (χ4v) is 2.15. The Hall–Kier alpha value is -1.83. The monoisotopic (exact) mass is 257 g/mol. The maximum atomic E-state index is 11.7. The van der Waals surface area contributed by atoms with Gasteiger partial charge in [0.2, 0.25) is 5.91 Å². The predicted octanol–water partition coefficient (Wildman–Crippen LogP) is -1.68. The Balaban J connectivity index is 1.79. The van der Waals surface area contributed by atoms with Gasteiger partial charge in [-0.3, -0.25) is 4.79 Å². The highest BCUT2D eigenvalue weighted by atomic mass is 16.5. The average Bonchev–Trinajstić information content (AvgIpc) is 2.70. The minimum absolute atomic E-state index is 0.00896. The van der Waals surface area contributed by atoms with Gasteiger partial charge in [0.1, 0.15) is 13.2 Å². The van der Waals surface area contributed by atoms with Gasteiger partial charge in [0.05, 0.1) is 6.04 Å². The molecule has 2 N–H and O–H groups in total. The second kappa shape index (κ2) is 5.21. The predicted molar refractivity (Wildman–Crippen MR) is 58.9 cm³/mol. The van der Waals surface area contributed by atoms with Crippen molar-refractivity contribution in [3.05, 3.63) is 0 Å². The van der Waals surface area contributed by atoms with Gasteiger partial charge in [-0.05, 0) is 0 Å². The first-order valence-corrected chi connectivity index (χ1v) is 5.69. The summed E-state index contributed by atoms with van der Waals surface area (Å²) in [6.07, 6.45) is 0. The summed E-state index contributed by atoms with van der Waals surface area (Å²) < 4.78 is 4.76. The van der Waals surface area contributed by atoms with Crippen LogP contribution in [0.5, 0.6) is 0 Å². The van der Waals surface area contributed by atoms with Gasteiger partial charge in [0.25, 0.3) is 0 Å². The molecule has 0 aliphatic carbocycles. The Labute approximate surface area is 103 Å². The van der Waals surface area contributed by atoms with E-state index in [2.05, 4.69) is 5.32 Å². The third-order valence-corrected chi connectivity index (χ3v) is 3.04. The molecule has 2 saturated heterocycles. The molecular weight excluding hydrogens is 242 g/mol. The van der Waals surface area contributed by atoms with Crippen LogP contribution < -0.4 is 5.32 Å². The molecule has 2 fully saturated rings. The van der Waals surface area contributed by atoms with Gasteiger partial charge in [-0.1, -0.05) is 0 Å². The van der Waals surface area contributed by atoms with E-state index < -0.39 is 12.6 Å². The summed E-state index contributed by atoms with van der Waals surface area (Å²) in [6, 6.07) is -0.0797. The summed E-state index contributed by atoms with van der Waals surface area (Å²) in [5.41, 5.74) is 0. The summed E-state index contributed by atoms with van der Waals surface area (Å²) in [6.45, 7) is 1.25. The number of hydrogen-bond donors (Lipinski definition) is 2. The largest absolute Gasteiger partial charge is 0.480 e. The van der Waals surface area contributed by atoms with Crippen molar-refractivity contribution >= 4 is 17.9 Å². The summed E-state index contributed by atoms with van der Waals surface area (Å²) in [5.74, 6) is -1.34. The molecule has 0 spiro atoms. The Morgan fingerprint density at radius 3 is 2.89 bits per heavy atom. The van der Waals surface area contributed by atoms with Crippen molar-refractivity contribution in [2.75, 3.05) is 39.4 Å². The maximum absolute atomic E-state index is 11.7. The zero-order valence-corrected chi connectivity index (χ0v) is 9.79. The van der Waals surface area contributed by atoms with E-state index in [-0.39, 0.29) is 24.6 Å². The number of amides is 3. The number of rotatable bonds is 4. The normalized spacial score (nSPS) is 22.7. The minimum Gasteiger partial charge on any atom is -0.480 e. The lowest BCUT2D eigenvalue weighted by atomic mass is 10.2. The van der Waals surface area contributed by atoms with E-state index in [9.17, 15) is 14.4 Å². The summed E-state index contributed by atoms with van der Waals surface area (Å²) in [7, 11) is 0. The van der Waals surface area contributed by atoms with Crippen molar-refractivity contribution in [3.63, 3.8) is 0 Å². The number of aliphatic carboxylic acids is 1. The smallest absolute Gasteiger partial charge is 0.329 e. The molecule has 1 unspecified atom stereocenters. The van der Waals surface area contributed by atoms with Gasteiger partial charge in [0, 0.05) is 26.2 Å². The van der Waals surface area contributed by atoms with Crippen molar-refractivity contribution in [2.45, 2.75) is 6.04 Å². The quantitative estimate of drug-likeness (QED) is 0.627. The molecule has 8 heteroatoms. The summed E-state index contributed by atoms with van der Waals surface area (Å²) >= 11 is 0. The molecular formula is C10H15N3O5. The highest BCUT2D eigenvalue weighted by molar-refractivity contribution is 5.80. The van der Waals surface area contributed by atoms with Crippen LogP contribution in [0.25, 0.3) is 0 Å². The molecule has 2 heterocycles. The fraction of sp³-hybridized carbons (Fsp3) is 0.700. The number of hydrogen-bond acceptors (Lipinski definition) is 4. The Bertz CT molecular complexity index is 373. The van der Waals surface area contributed by atoms with Gasteiger partial charge >= 0.3 is 12.0 Å². The zero-order chi connectivity index (χ0) is 13.1. The topological polar surface area (TPSA) is 99.2 Å². The molecule has 18 heavy (non-hydrogen) atoms. The first-order chi connectivity index (χ1) is 8.58. The zero-order valence-electron chi connectivity index (χ0n) is 9.79. The number of piperazine rings is 1. The van der Waals surface area contributed by atoms with E-state index in [0.29, 0.717) is 26.2 Å². The maximum Gasteiger partial charge on any atom is 0.329 e. The average molecular weight is 257 g/mol. The van der Waals surface area contributed by atoms with Crippen LogP contribution in [-0.4, -0.2) is 78.2 Å². The molecule has 8 nitrogen and oxygen atoms in total. The van der Waals surface area contributed by atoms with Crippen molar-refractivity contribution < 1.29 is 24.2 Å². The standard InChI is InChI=1S/C10H15N3O5/c14-8(5-18-6-9(15)16)12-1-2-13-7(4-12)3-11-10(13)17/h7H,1-6H2,(H,11,17)(H,15,16). The van der Waals surface area contributed by atoms with Crippen LogP contribution in [0, 0.1) is 0 Å². The van der Waals surface area contributed by atoms with Gasteiger partial charge in [-0.2, -0.15) is 0 Å². The second-order valence-electron chi connectivity index (χ2n) is 4.26. The Kier molecular flexibility index (Phi) is 3.66. The Morgan fingerprint density at radius 2 is 2.17 bits per heavy atom. The molecule has 2 rings (SSSR count). The molecule has 2 aliphatic heterocycles. The van der Waals surface area contributed by atoms with Crippen LogP contribution in [0.4, 0.5) is 4.79 Å². The minimum atomic E-state index is -1.10. The highest BCUT2D eigenvalue weighted by Gasteiger charge is 2.36. The van der Waals surface area contributed by atoms with Crippen molar-refractivity contribution in [1.82, 2.24) is 15.1 Å². The van der Waals surface area contributed by atoms with E-state index in [0.717, 1.165) is 0 Å². The van der Waals surface area contributed by atoms with Gasteiger partial charge in [0.15, 0.2) is 0 Å². The number of carboxylic acids is 1. The molecule has 0 aromatic rings. The molecule has 0 radical (unpaired) electrons. The van der Waals surface area contributed by atoms with Crippen molar-refractivity contribution in [1.29, 1.82) is 0 Å². The SMILES string of the molecule is O=C(O)COCC(=O)N1CCN2C(=O)NCC2C1. The molecule has 0 bridgehead atoms. The second-order valence-corrected chi connectivity index (χ2v) is 4.26. The number of urea groups is 1. The van der Waals surface area contributed by atoms with Crippen LogP contribution in [-0.2, 0) is 14.3 Å². The van der Waals surface area contributed by atoms with Crippen LogP contribution >= 0.6 is 0 Å². The van der Waals surface area contributed by atoms with Gasteiger partial charge in [-0.15, -0.1) is 0 Å². The molecule has 1 atom stereocenters. The van der Waals surface area contributed by atoms with E-state index in [1.54, 1.807) is 9.80 Å². The third kappa shape index (κ3) is 2.70. The molecule has 0 saturated carbocycles. The van der Waals surface area contributed by atoms with Crippen LogP contribution in [0.15, 0.2) is 0 Å². The van der Waals surface area contributed by atoms with Crippen LogP contribution in [0.1, 0.15) is 0 Å². The lowest BCUT2D eigenvalue weighted by molar-refractivity contribution is -0.146. The number of nitrogens with one attached hydrogen (secondary N) is 1. The molecule has 3 amide bonds. The fourth-order valence-electron chi connectivity index (χ4n) is 2.15. The number of fused-ring (bicyclic) bond motifs is 1. The molecule has 0 aromatic carbocycles. The molecule has 0 aromatic heterocycles. The number of carboxylic acid groups (broad SMARTS) is 1. The van der Waals surface area contributed by atoms with Crippen LogP contribution in [0.2, 0.25) is 0 Å². The molecule has 100 valence electrons. The number of carbonyl (C=O) groups excluding carboxylic acids is 2. The van der Waals surface area contributed by atoms with E-state index in [1.165, 1.54) is 0 Å². The summed E-state index contributed by atoms with van der Waals surface area (Å²) in [5, 5.41) is 11.1. The van der Waals surface area contributed by atoms with Crippen molar-refractivity contribution in [3.8, 4) is 0 Å². The van der Waals surface area contributed by atoms with E-state index >= 15 is 0 Å². The summed E-state index contributed by atoms with van der Waals surface area (Å²) in [4.78, 5) is 36.6. The van der Waals surface area contributed by atoms with Crippen LogP contribution in [0.3, 0.4) is 0 Å². The van der Waals surface area contributed by atoms with Gasteiger partial charge in [-0.25, -0.2) is 9.59 Å². The van der Waals surface area contributed by atoms with E-state index in [4.69, 9.17) is 9.84 Å². The molecule has 2 aliphatic rings. The lowest BCUT2D eigenvalue weighted by Crippen LogP contribution is -2.54. The van der Waals surface area contributed by atoms with Gasteiger partial charge < -0.3 is 25.0 Å². The highest BCUT2D eigenvalue weighted by Crippen LogP contribution is 2.14. The first-order valence-electron chi connectivity index (χ1n) is 5.69. The number of ether oxygens (including phenoxy) is 1. The van der Waals surface area contributed by atoms with E-state index in [1.807, 2.05) is 0 Å². The lowest BCUT2D eigenvalue weighted by Gasteiger charge is -2.36. The third-order valence-electron chi connectivity index (χ3n) is 3.04. The number of carbonyl (C=O) groups is 3. The Morgan fingerprint density at radius 1 is 1.39 bits per heavy atom. The van der Waals surface area contributed by atoms with Crippen molar-refractivity contribution in [2.24, 2.45) is 0 Å². The first kappa shape index (κ1) is 12.6. The number of nitrogens with zero attached hydrogens (tertiary/aromatic N) is 2.